The number of hydrogen-bond acceptors (Lipinski definition) is 0. The summed E-state index contributed by atoms with van der Waals surface area (Å²) < 4.78 is 0. The number of hydrogen-bond donors (Lipinski definition) is 0. The van der Waals surface area contributed by atoms with Gasteiger partial charge in [0.2, 0.25) is 0 Å². The Morgan fingerprint density at radius 2 is 1.11 bits per heavy atom. The summed E-state index contributed by atoms with van der Waals surface area (Å²) >= 11 is 0. The van der Waals surface area contributed by atoms with Gasteiger partial charge in [-0.25, -0.2) is 0 Å². The Bertz CT molecular complexity index is 640. The SMILES string of the molecule is C1=C(CC2=CCc3ccccc32)c2ccccc2C1. The fourth-order valence-corrected chi connectivity index (χ4v) is 3.25. The highest BCUT2D eigenvalue weighted by molar-refractivity contribution is 5.85. The Morgan fingerprint density at radius 1 is 0.632 bits per heavy atom. The molecule has 0 unspecified atom stereocenters. The van der Waals surface area contributed by atoms with Crippen LogP contribution < -0.4 is 0 Å². The van der Waals surface area contributed by atoms with Gasteiger partial charge >= 0.3 is 0 Å². The first-order valence-corrected chi connectivity index (χ1v) is 6.96. The van der Waals surface area contributed by atoms with Gasteiger partial charge in [-0.05, 0) is 52.7 Å². The molecule has 92 valence electrons. The zero-order chi connectivity index (χ0) is 12.7. The van der Waals surface area contributed by atoms with Gasteiger partial charge in [-0.2, -0.15) is 0 Å². The van der Waals surface area contributed by atoms with Crippen molar-refractivity contribution in [3.05, 3.63) is 82.9 Å². The Labute approximate surface area is 114 Å². The second kappa shape index (κ2) is 4.24. The maximum atomic E-state index is 2.40. The van der Waals surface area contributed by atoms with Crippen molar-refractivity contribution in [2.45, 2.75) is 19.3 Å². The van der Waals surface area contributed by atoms with Crippen molar-refractivity contribution in [1.29, 1.82) is 0 Å². The predicted octanol–water partition coefficient (Wildman–Crippen LogP) is 4.66. The van der Waals surface area contributed by atoms with Crippen LogP contribution in [0, 0.1) is 0 Å². The molecule has 4 rings (SSSR count). The van der Waals surface area contributed by atoms with E-state index < -0.39 is 0 Å². The average molecular weight is 244 g/mol. The van der Waals surface area contributed by atoms with E-state index >= 15 is 0 Å². The molecule has 0 heterocycles. The van der Waals surface area contributed by atoms with Crippen molar-refractivity contribution >= 4 is 11.1 Å². The number of allylic oxidation sites excluding steroid dienone is 4. The summed E-state index contributed by atoms with van der Waals surface area (Å²) in [5.74, 6) is 0. The van der Waals surface area contributed by atoms with Crippen LogP contribution >= 0.6 is 0 Å². The van der Waals surface area contributed by atoms with Crippen LogP contribution in [0.3, 0.4) is 0 Å². The molecule has 2 aliphatic rings. The summed E-state index contributed by atoms with van der Waals surface area (Å²) in [5.41, 5.74) is 8.85. The van der Waals surface area contributed by atoms with Gasteiger partial charge in [0.05, 0.1) is 0 Å². The van der Waals surface area contributed by atoms with Crippen LogP contribution in [0.4, 0.5) is 0 Å². The lowest BCUT2D eigenvalue weighted by Crippen LogP contribution is -1.87. The van der Waals surface area contributed by atoms with Gasteiger partial charge in [0, 0.05) is 0 Å². The topological polar surface area (TPSA) is 0 Å². The molecule has 0 fully saturated rings. The highest BCUT2D eigenvalue weighted by Gasteiger charge is 2.18. The average Bonchev–Trinajstić information content (AvgIpc) is 3.05. The van der Waals surface area contributed by atoms with Gasteiger partial charge in [0.1, 0.15) is 0 Å². The quantitative estimate of drug-likeness (QED) is 0.721. The van der Waals surface area contributed by atoms with Crippen LogP contribution in [0.15, 0.2) is 60.7 Å². The smallest absolute Gasteiger partial charge is 0.00198 e. The monoisotopic (exact) mass is 244 g/mol. The fourth-order valence-electron chi connectivity index (χ4n) is 3.25. The van der Waals surface area contributed by atoms with Crippen LogP contribution in [-0.2, 0) is 12.8 Å². The third-order valence-electron chi connectivity index (χ3n) is 4.24. The molecular formula is C19H16. The molecular weight excluding hydrogens is 228 g/mol. The minimum absolute atomic E-state index is 1.08. The molecule has 19 heavy (non-hydrogen) atoms. The molecule has 0 heteroatoms. The van der Waals surface area contributed by atoms with E-state index in [1.807, 2.05) is 0 Å². The predicted molar refractivity (Wildman–Crippen MR) is 80.9 cm³/mol. The maximum Gasteiger partial charge on any atom is -0.00198 e. The summed E-state index contributed by atoms with van der Waals surface area (Å²) in [5, 5.41) is 0. The molecule has 0 spiro atoms. The van der Waals surface area contributed by atoms with Gasteiger partial charge in [-0.15, -0.1) is 0 Å². The van der Waals surface area contributed by atoms with Gasteiger partial charge in [0.15, 0.2) is 0 Å². The van der Waals surface area contributed by atoms with Crippen LogP contribution in [0.5, 0.6) is 0 Å². The lowest BCUT2D eigenvalue weighted by molar-refractivity contribution is 1.31. The van der Waals surface area contributed by atoms with E-state index in [0.717, 1.165) is 19.3 Å². The normalized spacial score (nSPS) is 15.8. The van der Waals surface area contributed by atoms with Crippen LogP contribution in [0.2, 0.25) is 0 Å². The van der Waals surface area contributed by atoms with E-state index in [1.54, 1.807) is 0 Å². The minimum atomic E-state index is 1.08. The first-order chi connectivity index (χ1) is 9.42. The molecule has 0 aliphatic heterocycles. The number of fused-ring (bicyclic) bond motifs is 2. The summed E-state index contributed by atoms with van der Waals surface area (Å²) in [6.07, 6.45) is 8.06. The van der Waals surface area contributed by atoms with Gasteiger partial charge < -0.3 is 0 Å². The van der Waals surface area contributed by atoms with Crippen LogP contribution in [0.25, 0.3) is 11.1 Å². The molecule has 0 nitrogen and oxygen atoms in total. The molecule has 2 aromatic carbocycles. The fraction of sp³-hybridized carbons (Fsp3) is 0.158. The second-order valence-corrected chi connectivity index (χ2v) is 5.36. The molecule has 0 N–H and O–H groups in total. The van der Waals surface area contributed by atoms with Gasteiger partial charge in [0.25, 0.3) is 0 Å². The highest BCUT2D eigenvalue weighted by Crippen LogP contribution is 2.38. The molecule has 0 amide bonds. The maximum absolute atomic E-state index is 2.40. The van der Waals surface area contributed by atoms with Crippen molar-refractivity contribution in [1.82, 2.24) is 0 Å². The minimum Gasteiger partial charge on any atom is -0.0759 e. The van der Waals surface area contributed by atoms with E-state index in [-0.39, 0.29) is 0 Å². The zero-order valence-electron chi connectivity index (χ0n) is 10.9. The summed E-state index contributed by atoms with van der Waals surface area (Å²) in [7, 11) is 0. The third kappa shape index (κ3) is 1.76. The lowest BCUT2D eigenvalue weighted by atomic mass is 9.96. The van der Waals surface area contributed by atoms with Crippen molar-refractivity contribution in [3.63, 3.8) is 0 Å². The Kier molecular flexibility index (Phi) is 2.41. The Balaban J connectivity index is 1.65. The van der Waals surface area contributed by atoms with E-state index in [0.29, 0.717) is 0 Å². The largest absolute Gasteiger partial charge is 0.0759 e. The first kappa shape index (κ1) is 10.8. The molecule has 0 saturated carbocycles. The van der Waals surface area contributed by atoms with Crippen molar-refractivity contribution in [3.8, 4) is 0 Å². The van der Waals surface area contributed by atoms with Crippen molar-refractivity contribution in [2.75, 3.05) is 0 Å². The standard InChI is InChI=1S/C19H16/c1-3-7-18-14(5-1)9-11-16(18)13-17-12-10-15-6-2-4-8-19(15)17/h1-8,11-12H,9-10,13H2. The van der Waals surface area contributed by atoms with Crippen LogP contribution in [0.1, 0.15) is 28.7 Å². The molecule has 2 aromatic rings. The summed E-state index contributed by atoms with van der Waals surface area (Å²) in [6.45, 7) is 0. The number of benzene rings is 2. The molecule has 0 atom stereocenters. The molecule has 0 radical (unpaired) electrons. The Hall–Kier alpha value is -2.08. The Morgan fingerprint density at radius 3 is 1.63 bits per heavy atom. The number of rotatable bonds is 2. The van der Waals surface area contributed by atoms with E-state index in [9.17, 15) is 0 Å². The van der Waals surface area contributed by atoms with E-state index in [2.05, 4.69) is 60.7 Å². The molecule has 0 bridgehead atoms. The third-order valence-corrected chi connectivity index (χ3v) is 4.24. The zero-order valence-corrected chi connectivity index (χ0v) is 10.9. The molecule has 0 aromatic heterocycles. The highest BCUT2D eigenvalue weighted by atomic mass is 14.2. The van der Waals surface area contributed by atoms with E-state index in [4.69, 9.17) is 0 Å². The van der Waals surface area contributed by atoms with Gasteiger partial charge in [-0.1, -0.05) is 60.7 Å². The van der Waals surface area contributed by atoms with E-state index in [1.165, 1.54) is 33.4 Å². The lowest BCUT2D eigenvalue weighted by Gasteiger charge is -2.08. The summed E-state index contributed by atoms with van der Waals surface area (Å²) in [4.78, 5) is 0. The van der Waals surface area contributed by atoms with Crippen LogP contribution in [-0.4, -0.2) is 0 Å². The molecule has 0 saturated heterocycles. The van der Waals surface area contributed by atoms with Crippen molar-refractivity contribution in [2.24, 2.45) is 0 Å². The molecule has 2 aliphatic carbocycles. The first-order valence-electron chi connectivity index (χ1n) is 6.96. The van der Waals surface area contributed by atoms with Gasteiger partial charge in [-0.3, -0.25) is 0 Å². The summed E-state index contributed by atoms with van der Waals surface area (Å²) in [6, 6.07) is 17.6. The van der Waals surface area contributed by atoms with Crippen molar-refractivity contribution < 1.29 is 0 Å². The second-order valence-electron chi connectivity index (χ2n) is 5.36.